The molecule has 0 aromatic heterocycles. The third-order valence-electron chi connectivity index (χ3n) is 1.04. The van der Waals surface area contributed by atoms with Gasteiger partial charge in [-0.15, -0.1) is 11.8 Å². The van der Waals surface area contributed by atoms with Gasteiger partial charge in [0.2, 0.25) is 0 Å². The van der Waals surface area contributed by atoms with Gasteiger partial charge in [-0.3, -0.25) is 0 Å². The first-order valence-electron chi connectivity index (χ1n) is 2.43. The predicted molar refractivity (Wildman–Crippen MR) is 33.3 cm³/mol. The van der Waals surface area contributed by atoms with Crippen LogP contribution in [0.3, 0.4) is 0 Å². The van der Waals surface area contributed by atoms with Crippen LogP contribution in [-0.2, 0) is 0 Å². The fraction of sp³-hybridized carbons (Fsp3) is 1.00. The summed E-state index contributed by atoms with van der Waals surface area (Å²) < 4.78 is 0. The normalized spacial score (nSPS) is 31.3. The van der Waals surface area contributed by atoms with E-state index in [-0.39, 0.29) is 0 Å². The summed E-state index contributed by atoms with van der Waals surface area (Å²) in [5.74, 6) is 1.10. The number of hydrogen-bond donors (Lipinski definition) is 2. The van der Waals surface area contributed by atoms with E-state index in [4.69, 9.17) is 0 Å². The maximum Gasteiger partial charge on any atom is 0.0669 e. The second kappa shape index (κ2) is 2.55. The first kappa shape index (κ1) is 5.41. The molecule has 1 aliphatic rings. The molecule has 0 amide bonds. The van der Waals surface area contributed by atoms with E-state index in [0.29, 0.717) is 5.37 Å². The smallest absolute Gasteiger partial charge is 0.0669 e. The Kier molecular flexibility index (Phi) is 1.97. The van der Waals surface area contributed by atoms with Crippen LogP contribution in [0.15, 0.2) is 0 Å². The van der Waals surface area contributed by atoms with E-state index < -0.39 is 0 Å². The van der Waals surface area contributed by atoms with Gasteiger partial charge in [0.05, 0.1) is 5.37 Å². The maximum atomic E-state index is 3.22. The Balaban J connectivity index is 2.14. The number of thioether (sulfide) groups is 1. The number of nitrogens with one attached hydrogen (secondary N) is 2. The molecule has 1 saturated heterocycles. The maximum absolute atomic E-state index is 3.22. The van der Waals surface area contributed by atoms with Gasteiger partial charge in [0.25, 0.3) is 0 Å². The minimum Gasteiger partial charge on any atom is -0.307 e. The second-order valence-corrected chi connectivity index (χ2v) is 2.73. The van der Waals surface area contributed by atoms with Crippen LogP contribution in [-0.4, -0.2) is 24.8 Å². The summed E-state index contributed by atoms with van der Waals surface area (Å²) in [6, 6.07) is 0. The van der Waals surface area contributed by atoms with Crippen molar-refractivity contribution in [3.05, 3.63) is 0 Å². The molecule has 1 fully saturated rings. The number of hydrogen-bond acceptors (Lipinski definition) is 3. The SMILES string of the molecule is CNC1CNCS1. The number of rotatable bonds is 1. The molecule has 1 heterocycles. The van der Waals surface area contributed by atoms with Gasteiger partial charge in [-0.05, 0) is 7.05 Å². The van der Waals surface area contributed by atoms with Gasteiger partial charge in [0, 0.05) is 12.4 Å². The molecular weight excluding hydrogens is 108 g/mol. The van der Waals surface area contributed by atoms with E-state index >= 15 is 0 Å². The summed E-state index contributed by atoms with van der Waals surface area (Å²) in [5, 5.41) is 7.04. The Bertz CT molecular complexity index is 51.7. The van der Waals surface area contributed by atoms with E-state index in [9.17, 15) is 0 Å². The molecule has 1 unspecified atom stereocenters. The van der Waals surface area contributed by atoms with Crippen molar-refractivity contribution in [1.29, 1.82) is 0 Å². The molecular formula is C4H10N2S. The van der Waals surface area contributed by atoms with Crippen LogP contribution in [0.1, 0.15) is 0 Å². The fourth-order valence-corrected chi connectivity index (χ4v) is 1.43. The second-order valence-electron chi connectivity index (χ2n) is 1.54. The Morgan fingerprint density at radius 1 is 1.86 bits per heavy atom. The molecule has 7 heavy (non-hydrogen) atoms. The highest BCUT2D eigenvalue weighted by Crippen LogP contribution is 2.09. The van der Waals surface area contributed by atoms with Crippen LogP contribution < -0.4 is 10.6 Å². The molecule has 1 atom stereocenters. The highest BCUT2D eigenvalue weighted by molar-refractivity contribution is 8.00. The van der Waals surface area contributed by atoms with E-state index in [1.165, 1.54) is 0 Å². The topological polar surface area (TPSA) is 24.1 Å². The standard InChI is InChI=1S/C4H10N2S/c1-5-4-2-6-3-7-4/h4-6H,2-3H2,1H3. The predicted octanol–water partition coefficient (Wildman–Crippen LogP) is -0.174. The van der Waals surface area contributed by atoms with Crippen LogP contribution in [0.2, 0.25) is 0 Å². The summed E-state index contributed by atoms with van der Waals surface area (Å²) in [5.41, 5.74) is 0. The zero-order valence-corrected chi connectivity index (χ0v) is 5.22. The molecule has 2 N–H and O–H groups in total. The molecule has 2 nitrogen and oxygen atoms in total. The van der Waals surface area contributed by atoms with E-state index in [1.54, 1.807) is 0 Å². The van der Waals surface area contributed by atoms with E-state index in [1.807, 2.05) is 18.8 Å². The monoisotopic (exact) mass is 118 g/mol. The van der Waals surface area contributed by atoms with Crippen molar-refractivity contribution in [2.75, 3.05) is 19.5 Å². The van der Waals surface area contributed by atoms with Crippen LogP contribution in [0.25, 0.3) is 0 Å². The van der Waals surface area contributed by atoms with Gasteiger partial charge in [0.1, 0.15) is 0 Å². The molecule has 0 aromatic rings. The van der Waals surface area contributed by atoms with Crippen LogP contribution in [0.4, 0.5) is 0 Å². The van der Waals surface area contributed by atoms with E-state index in [0.717, 1.165) is 12.4 Å². The Hall–Kier alpha value is 0.270. The summed E-state index contributed by atoms with van der Waals surface area (Å²) >= 11 is 1.92. The molecule has 0 radical (unpaired) electrons. The molecule has 1 aliphatic heterocycles. The van der Waals surface area contributed by atoms with Crippen molar-refractivity contribution in [3.63, 3.8) is 0 Å². The Labute approximate surface area is 48.1 Å². The zero-order valence-electron chi connectivity index (χ0n) is 4.40. The van der Waals surface area contributed by atoms with Gasteiger partial charge >= 0.3 is 0 Å². The molecule has 42 valence electrons. The summed E-state index contributed by atoms with van der Waals surface area (Å²) in [7, 11) is 1.99. The average molecular weight is 118 g/mol. The third kappa shape index (κ3) is 1.33. The Morgan fingerprint density at radius 3 is 3.00 bits per heavy atom. The van der Waals surface area contributed by atoms with Crippen molar-refractivity contribution in [2.45, 2.75) is 5.37 Å². The third-order valence-corrected chi connectivity index (χ3v) is 2.21. The van der Waals surface area contributed by atoms with Crippen LogP contribution >= 0.6 is 11.8 Å². The van der Waals surface area contributed by atoms with Crippen molar-refractivity contribution in [1.82, 2.24) is 10.6 Å². The van der Waals surface area contributed by atoms with Crippen molar-refractivity contribution < 1.29 is 0 Å². The molecule has 0 bridgehead atoms. The molecule has 0 aliphatic carbocycles. The first-order chi connectivity index (χ1) is 3.43. The average Bonchev–Trinajstić information content (AvgIpc) is 2.14. The van der Waals surface area contributed by atoms with Crippen LogP contribution in [0.5, 0.6) is 0 Å². The Morgan fingerprint density at radius 2 is 2.71 bits per heavy atom. The van der Waals surface area contributed by atoms with E-state index in [2.05, 4.69) is 10.6 Å². The van der Waals surface area contributed by atoms with Gasteiger partial charge < -0.3 is 10.6 Å². The van der Waals surface area contributed by atoms with Gasteiger partial charge in [-0.2, -0.15) is 0 Å². The summed E-state index contributed by atoms with van der Waals surface area (Å²) in [6.07, 6.45) is 0. The molecule has 0 spiro atoms. The van der Waals surface area contributed by atoms with Gasteiger partial charge in [0.15, 0.2) is 0 Å². The summed E-state index contributed by atoms with van der Waals surface area (Å²) in [6.45, 7) is 1.11. The first-order valence-corrected chi connectivity index (χ1v) is 3.48. The minimum absolute atomic E-state index is 0.653. The molecule has 0 aromatic carbocycles. The quantitative estimate of drug-likeness (QED) is 0.499. The zero-order chi connectivity index (χ0) is 5.11. The van der Waals surface area contributed by atoms with Gasteiger partial charge in [-0.25, -0.2) is 0 Å². The van der Waals surface area contributed by atoms with Gasteiger partial charge in [-0.1, -0.05) is 0 Å². The molecule has 3 heteroatoms. The minimum atomic E-state index is 0.653. The lowest BCUT2D eigenvalue weighted by atomic mass is 10.6. The number of likely N-dealkylation sites (N-methyl/N-ethyl adjacent to an activating group) is 1. The van der Waals surface area contributed by atoms with Crippen LogP contribution in [0, 0.1) is 0 Å². The summed E-state index contributed by atoms with van der Waals surface area (Å²) in [4.78, 5) is 0. The highest BCUT2D eigenvalue weighted by atomic mass is 32.2. The largest absolute Gasteiger partial charge is 0.307 e. The van der Waals surface area contributed by atoms with Crippen molar-refractivity contribution in [3.8, 4) is 0 Å². The van der Waals surface area contributed by atoms with Crippen molar-refractivity contribution in [2.24, 2.45) is 0 Å². The fourth-order valence-electron chi connectivity index (χ4n) is 0.594. The lowest BCUT2D eigenvalue weighted by Crippen LogP contribution is -2.24. The van der Waals surface area contributed by atoms with Crippen molar-refractivity contribution >= 4 is 11.8 Å². The molecule has 0 saturated carbocycles. The highest BCUT2D eigenvalue weighted by Gasteiger charge is 2.10. The molecule has 1 rings (SSSR count). The lowest BCUT2D eigenvalue weighted by Gasteiger charge is -2.01. The lowest BCUT2D eigenvalue weighted by molar-refractivity contribution is 0.703.